The number of carbonyl (C=O) groups excluding carboxylic acids is 1. The third kappa shape index (κ3) is 3.53. The highest BCUT2D eigenvalue weighted by atomic mass is 16.5. The molecule has 0 spiro atoms. The van der Waals surface area contributed by atoms with Gasteiger partial charge in [0.2, 0.25) is 0 Å². The molecule has 0 aromatic heterocycles. The molecule has 15 heavy (non-hydrogen) atoms. The van der Waals surface area contributed by atoms with Crippen molar-refractivity contribution in [3.8, 4) is 0 Å². The third-order valence-electron chi connectivity index (χ3n) is 2.50. The lowest BCUT2D eigenvalue weighted by Gasteiger charge is -2.18. The van der Waals surface area contributed by atoms with Gasteiger partial charge in [0.1, 0.15) is 6.04 Å². The minimum absolute atomic E-state index is 0.168. The average Bonchev–Trinajstić information content (AvgIpc) is 2.64. The molecule has 0 bridgehead atoms. The number of ether oxygens (including phenoxy) is 1. The van der Waals surface area contributed by atoms with Crippen LogP contribution in [0.15, 0.2) is 5.10 Å². The molecule has 1 heterocycles. The van der Waals surface area contributed by atoms with Crippen molar-refractivity contribution in [2.75, 3.05) is 13.7 Å². The Balaban J connectivity index is 2.46. The topological polar surface area (TPSA) is 41.9 Å². The molecule has 1 unspecified atom stereocenters. The third-order valence-corrected chi connectivity index (χ3v) is 2.50. The molecule has 0 aliphatic carbocycles. The first-order valence-corrected chi connectivity index (χ1v) is 5.52. The summed E-state index contributed by atoms with van der Waals surface area (Å²) in [6, 6.07) is -0.168. The lowest BCUT2D eigenvalue weighted by Crippen LogP contribution is -2.33. The second-order valence-corrected chi connectivity index (χ2v) is 4.27. The first kappa shape index (κ1) is 12.0. The summed E-state index contributed by atoms with van der Waals surface area (Å²) in [5.41, 5.74) is 0. The van der Waals surface area contributed by atoms with E-state index in [2.05, 4.69) is 18.9 Å². The molecule has 0 aromatic rings. The van der Waals surface area contributed by atoms with E-state index < -0.39 is 0 Å². The molecule has 0 saturated carbocycles. The van der Waals surface area contributed by atoms with Crippen LogP contribution in [0.1, 0.15) is 33.1 Å². The van der Waals surface area contributed by atoms with Gasteiger partial charge in [-0.3, -0.25) is 5.01 Å². The van der Waals surface area contributed by atoms with E-state index in [4.69, 9.17) is 4.74 Å². The van der Waals surface area contributed by atoms with Gasteiger partial charge in [-0.05, 0) is 25.2 Å². The molecule has 1 saturated heterocycles. The normalized spacial score (nSPS) is 21.6. The molecule has 1 fully saturated rings. The van der Waals surface area contributed by atoms with Crippen LogP contribution in [0.3, 0.4) is 0 Å². The van der Waals surface area contributed by atoms with Crippen LogP contribution < -0.4 is 0 Å². The Morgan fingerprint density at radius 3 is 3.00 bits per heavy atom. The highest BCUT2D eigenvalue weighted by molar-refractivity contribution is 5.76. The van der Waals surface area contributed by atoms with Crippen LogP contribution in [-0.4, -0.2) is 36.9 Å². The summed E-state index contributed by atoms with van der Waals surface area (Å²) in [5, 5.41) is 6.16. The predicted octanol–water partition coefficient (Wildman–Crippen LogP) is 1.66. The predicted molar refractivity (Wildman–Crippen MR) is 59.7 cm³/mol. The molecule has 4 nitrogen and oxygen atoms in total. The van der Waals surface area contributed by atoms with E-state index >= 15 is 0 Å². The number of rotatable bonds is 4. The largest absolute Gasteiger partial charge is 0.467 e. The molecule has 0 amide bonds. The number of nitrogens with zero attached hydrogens (tertiary/aromatic N) is 2. The van der Waals surface area contributed by atoms with Gasteiger partial charge in [-0.1, -0.05) is 13.8 Å². The monoisotopic (exact) mass is 212 g/mol. The summed E-state index contributed by atoms with van der Waals surface area (Å²) in [6.07, 6.45) is 4.71. The minimum atomic E-state index is -0.172. The molecule has 0 N–H and O–H groups in total. The summed E-state index contributed by atoms with van der Waals surface area (Å²) >= 11 is 0. The summed E-state index contributed by atoms with van der Waals surface area (Å²) in [6.45, 7) is 5.15. The molecule has 0 aromatic carbocycles. The zero-order valence-electron chi connectivity index (χ0n) is 9.77. The Kier molecular flexibility index (Phi) is 4.59. The Labute approximate surface area is 91.3 Å². The Hall–Kier alpha value is -1.06. The van der Waals surface area contributed by atoms with Crippen molar-refractivity contribution in [1.82, 2.24) is 5.01 Å². The fraction of sp³-hybridized carbons (Fsp3) is 0.818. The Morgan fingerprint density at radius 1 is 1.67 bits per heavy atom. The average molecular weight is 212 g/mol. The summed E-state index contributed by atoms with van der Waals surface area (Å²) in [5.74, 6) is 0.433. The maximum atomic E-state index is 11.4. The van der Waals surface area contributed by atoms with Gasteiger partial charge in [0.15, 0.2) is 0 Å². The fourth-order valence-electron chi connectivity index (χ4n) is 1.63. The standard InChI is InChI=1S/C11H20N2O2/c1-9(2)6-7-12-13-8-4-5-10(13)11(14)15-3/h7,9-10H,4-6,8H2,1-3H3. The maximum absolute atomic E-state index is 11.4. The molecular formula is C11H20N2O2. The van der Waals surface area contributed by atoms with Crippen LogP contribution in [0, 0.1) is 5.92 Å². The highest BCUT2D eigenvalue weighted by Crippen LogP contribution is 2.18. The minimum Gasteiger partial charge on any atom is -0.467 e. The molecule has 1 aliphatic rings. The summed E-state index contributed by atoms with van der Waals surface area (Å²) in [4.78, 5) is 11.4. The van der Waals surface area contributed by atoms with E-state index in [-0.39, 0.29) is 12.0 Å². The van der Waals surface area contributed by atoms with E-state index in [0.717, 1.165) is 25.8 Å². The maximum Gasteiger partial charge on any atom is 0.330 e. The first-order valence-electron chi connectivity index (χ1n) is 5.52. The quantitative estimate of drug-likeness (QED) is 0.525. The second-order valence-electron chi connectivity index (χ2n) is 4.27. The van der Waals surface area contributed by atoms with Gasteiger partial charge in [0, 0.05) is 12.8 Å². The van der Waals surface area contributed by atoms with E-state index in [1.807, 2.05) is 11.2 Å². The van der Waals surface area contributed by atoms with Crippen molar-refractivity contribution in [2.45, 2.75) is 39.2 Å². The molecule has 0 radical (unpaired) electrons. The zero-order chi connectivity index (χ0) is 11.3. The van der Waals surface area contributed by atoms with Crippen molar-refractivity contribution < 1.29 is 9.53 Å². The van der Waals surface area contributed by atoms with Gasteiger partial charge < -0.3 is 4.74 Å². The Bertz CT molecular complexity index is 239. The number of methoxy groups -OCH3 is 1. The van der Waals surface area contributed by atoms with Crippen molar-refractivity contribution in [3.63, 3.8) is 0 Å². The SMILES string of the molecule is COC(=O)C1CCCN1N=CCC(C)C. The van der Waals surface area contributed by atoms with Gasteiger partial charge in [0.05, 0.1) is 7.11 Å². The fourth-order valence-corrected chi connectivity index (χ4v) is 1.63. The molecular weight excluding hydrogens is 192 g/mol. The van der Waals surface area contributed by atoms with Gasteiger partial charge in [-0.2, -0.15) is 5.10 Å². The van der Waals surface area contributed by atoms with Crippen molar-refractivity contribution >= 4 is 12.2 Å². The molecule has 86 valence electrons. The summed E-state index contributed by atoms with van der Waals surface area (Å²) in [7, 11) is 1.43. The van der Waals surface area contributed by atoms with Crippen LogP contribution in [0.5, 0.6) is 0 Å². The molecule has 1 rings (SSSR count). The highest BCUT2D eigenvalue weighted by Gasteiger charge is 2.30. The van der Waals surface area contributed by atoms with Crippen molar-refractivity contribution in [1.29, 1.82) is 0 Å². The second kappa shape index (κ2) is 5.73. The van der Waals surface area contributed by atoms with Crippen LogP contribution in [0.25, 0.3) is 0 Å². The van der Waals surface area contributed by atoms with Gasteiger partial charge in [-0.25, -0.2) is 4.79 Å². The first-order chi connectivity index (χ1) is 7.15. The van der Waals surface area contributed by atoms with Crippen LogP contribution >= 0.6 is 0 Å². The zero-order valence-corrected chi connectivity index (χ0v) is 9.77. The molecule has 4 heteroatoms. The van der Waals surface area contributed by atoms with Crippen LogP contribution in [-0.2, 0) is 9.53 Å². The van der Waals surface area contributed by atoms with Gasteiger partial charge in [0.25, 0.3) is 0 Å². The Morgan fingerprint density at radius 2 is 2.40 bits per heavy atom. The lowest BCUT2D eigenvalue weighted by atomic mass is 10.2. The van der Waals surface area contributed by atoms with Gasteiger partial charge >= 0.3 is 5.97 Å². The van der Waals surface area contributed by atoms with E-state index in [1.54, 1.807) is 0 Å². The van der Waals surface area contributed by atoms with Gasteiger partial charge in [-0.15, -0.1) is 0 Å². The number of hydrogen-bond donors (Lipinski definition) is 0. The number of hydrogen-bond acceptors (Lipinski definition) is 4. The van der Waals surface area contributed by atoms with E-state index in [1.165, 1.54) is 7.11 Å². The smallest absolute Gasteiger partial charge is 0.330 e. The van der Waals surface area contributed by atoms with Crippen LogP contribution in [0.4, 0.5) is 0 Å². The molecule has 1 atom stereocenters. The number of carbonyl (C=O) groups is 1. The van der Waals surface area contributed by atoms with Crippen molar-refractivity contribution in [3.05, 3.63) is 0 Å². The lowest BCUT2D eigenvalue weighted by molar-refractivity contribution is -0.145. The van der Waals surface area contributed by atoms with E-state index in [9.17, 15) is 4.79 Å². The number of esters is 1. The molecule has 1 aliphatic heterocycles. The van der Waals surface area contributed by atoms with E-state index in [0.29, 0.717) is 5.92 Å². The van der Waals surface area contributed by atoms with Crippen molar-refractivity contribution in [2.24, 2.45) is 11.0 Å². The summed E-state index contributed by atoms with van der Waals surface area (Å²) < 4.78 is 4.74. The van der Waals surface area contributed by atoms with Crippen LogP contribution in [0.2, 0.25) is 0 Å². The number of hydrazone groups is 1.